The maximum atomic E-state index is 5.49. The Labute approximate surface area is 97.1 Å². The van der Waals surface area contributed by atoms with Crippen LogP contribution in [0.1, 0.15) is 6.42 Å². The topological polar surface area (TPSA) is 36.9 Å². The molecule has 1 atom stereocenters. The first kappa shape index (κ1) is 9.47. The van der Waals surface area contributed by atoms with E-state index in [0.29, 0.717) is 0 Å². The van der Waals surface area contributed by atoms with Gasteiger partial charge in [0.25, 0.3) is 0 Å². The van der Waals surface area contributed by atoms with Crippen molar-refractivity contribution >= 4 is 29.7 Å². The zero-order chi connectivity index (χ0) is 10.1. The van der Waals surface area contributed by atoms with E-state index >= 15 is 0 Å². The number of rotatable bonds is 1. The minimum atomic E-state index is 0.227. The van der Waals surface area contributed by atoms with Crippen LogP contribution in [0.4, 0.5) is 0 Å². The van der Waals surface area contributed by atoms with Crippen LogP contribution in [-0.2, 0) is 4.84 Å². The molecule has 0 saturated heterocycles. The number of nitrogens with one attached hydrogen (secondary N) is 1. The third kappa shape index (κ3) is 1.72. The van der Waals surface area contributed by atoms with E-state index in [0.717, 1.165) is 23.8 Å². The summed E-state index contributed by atoms with van der Waals surface area (Å²) < 4.78 is 7.53. The zero-order valence-electron chi connectivity index (χ0n) is 8.05. The van der Waals surface area contributed by atoms with Crippen molar-refractivity contribution < 1.29 is 4.84 Å². The minimum absolute atomic E-state index is 0.227. The molecule has 4 nitrogen and oxygen atoms in total. The average Bonchev–Trinajstić information content (AvgIpc) is 3.01. The van der Waals surface area contributed by atoms with Gasteiger partial charge < -0.3 is 9.56 Å². The van der Waals surface area contributed by atoms with Crippen LogP contribution in [0, 0.1) is 0 Å². The molecule has 0 aromatic heterocycles. The summed E-state index contributed by atoms with van der Waals surface area (Å²) >= 11 is 3.32. The molecule has 0 aliphatic carbocycles. The molecule has 3 aliphatic rings. The summed E-state index contributed by atoms with van der Waals surface area (Å²) in [6.45, 7) is 0. The van der Waals surface area contributed by atoms with E-state index in [4.69, 9.17) is 4.84 Å². The monoisotopic (exact) mass is 241 g/mol. The van der Waals surface area contributed by atoms with Crippen molar-refractivity contribution in [2.24, 2.45) is 4.40 Å². The van der Waals surface area contributed by atoms with Gasteiger partial charge in [0.05, 0.1) is 0 Å². The Bertz CT molecular complexity index is 353. The van der Waals surface area contributed by atoms with Crippen LogP contribution >= 0.6 is 23.9 Å². The van der Waals surface area contributed by atoms with Crippen LogP contribution in [0.3, 0.4) is 0 Å². The highest BCUT2D eigenvalue weighted by molar-refractivity contribution is 7.98. The lowest BCUT2D eigenvalue weighted by Gasteiger charge is -2.24. The zero-order valence-corrected chi connectivity index (χ0v) is 9.68. The predicted molar refractivity (Wildman–Crippen MR) is 64.0 cm³/mol. The summed E-state index contributed by atoms with van der Waals surface area (Å²) in [5.74, 6) is 3.12. The molecular formula is C9H11N3OS2. The normalized spacial score (nSPS) is 28.8. The van der Waals surface area contributed by atoms with Gasteiger partial charge in [-0.1, -0.05) is 0 Å². The molecule has 0 saturated carbocycles. The van der Waals surface area contributed by atoms with Crippen LogP contribution in [0.15, 0.2) is 28.5 Å². The average molecular weight is 241 g/mol. The molecule has 3 rings (SSSR count). The van der Waals surface area contributed by atoms with Crippen molar-refractivity contribution in [1.29, 1.82) is 0 Å². The summed E-state index contributed by atoms with van der Waals surface area (Å²) in [6.07, 6.45) is 6.88. The summed E-state index contributed by atoms with van der Waals surface area (Å²) in [7, 11) is 0. The van der Waals surface area contributed by atoms with Gasteiger partial charge in [-0.15, -0.1) is 0 Å². The van der Waals surface area contributed by atoms with Crippen LogP contribution in [0.2, 0.25) is 0 Å². The molecule has 0 spiro atoms. The second-order valence-electron chi connectivity index (χ2n) is 3.42. The highest BCUT2D eigenvalue weighted by atomic mass is 32.2. The van der Waals surface area contributed by atoms with E-state index in [9.17, 15) is 0 Å². The van der Waals surface area contributed by atoms with Crippen LogP contribution in [0.25, 0.3) is 0 Å². The van der Waals surface area contributed by atoms with Crippen molar-refractivity contribution in [3.8, 4) is 0 Å². The summed E-state index contributed by atoms with van der Waals surface area (Å²) in [5.41, 5.74) is 1.34. The smallest absolute Gasteiger partial charge is 0.150 e. The van der Waals surface area contributed by atoms with Gasteiger partial charge in [-0.05, 0) is 35.5 Å². The van der Waals surface area contributed by atoms with Gasteiger partial charge in [-0.2, -0.15) is 5.06 Å². The Morgan fingerprint density at radius 2 is 2.60 bits per heavy atom. The Hall–Kier alpha value is -0.750. The van der Waals surface area contributed by atoms with Crippen molar-refractivity contribution in [3.05, 3.63) is 24.1 Å². The van der Waals surface area contributed by atoms with E-state index < -0.39 is 0 Å². The lowest BCUT2D eigenvalue weighted by Crippen LogP contribution is -2.35. The highest BCUT2D eigenvalue weighted by Crippen LogP contribution is 2.28. The molecule has 0 radical (unpaired) electrons. The Balaban J connectivity index is 1.78. The third-order valence-electron chi connectivity index (χ3n) is 2.48. The molecule has 3 aliphatic heterocycles. The molecule has 15 heavy (non-hydrogen) atoms. The predicted octanol–water partition coefficient (Wildman–Crippen LogP) is 1.70. The minimum Gasteiger partial charge on any atom is -0.386 e. The Morgan fingerprint density at radius 3 is 3.33 bits per heavy atom. The molecule has 0 fully saturated rings. The van der Waals surface area contributed by atoms with Crippen molar-refractivity contribution in [2.45, 2.75) is 12.5 Å². The molecule has 3 heterocycles. The van der Waals surface area contributed by atoms with E-state index in [-0.39, 0.29) is 6.04 Å². The fraction of sp³-hybridized carbons (Fsp3) is 0.444. The molecule has 6 heteroatoms. The number of hydrogen-bond donors (Lipinski definition) is 1. The lowest BCUT2D eigenvalue weighted by atomic mass is 10.1. The maximum absolute atomic E-state index is 5.49. The fourth-order valence-corrected chi connectivity index (χ4v) is 3.15. The van der Waals surface area contributed by atoms with Gasteiger partial charge in [-0.25, -0.2) is 4.40 Å². The molecular weight excluding hydrogens is 230 g/mol. The molecule has 0 aromatic rings. The van der Waals surface area contributed by atoms with Gasteiger partial charge >= 0.3 is 0 Å². The lowest BCUT2D eigenvalue weighted by molar-refractivity contribution is -0.0230. The van der Waals surface area contributed by atoms with Gasteiger partial charge in [0.15, 0.2) is 0 Å². The summed E-state index contributed by atoms with van der Waals surface area (Å²) in [6, 6.07) is 0.227. The van der Waals surface area contributed by atoms with Crippen LogP contribution < -0.4 is 4.72 Å². The number of nitrogens with zero attached hydrogens (tertiary/aromatic N) is 2. The molecule has 0 bridgehead atoms. The number of hydrogen-bond acceptors (Lipinski definition) is 6. The van der Waals surface area contributed by atoms with Crippen LogP contribution in [0.5, 0.6) is 0 Å². The van der Waals surface area contributed by atoms with E-state index in [1.54, 1.807) is 30.2 Å². The molecule has 0 aromatic carbocycles. The number of hydroxylamine groups is 2. The van der Waals surface area contributed by atoms with E-state index in [1.807, 2.05) is 5.06 Å². The Kier molecular flexibility index (Phi) is 2.54. The van der Waals surface area contributed by atoms with Crippen molar-refractivity contribution in [3.63, 3.8) is 0 Å². The van der Waals surface area contributed by atoms with Gasteiger partial charge in [0, 0.05) is 24.1 Å². The summed E-state index contributed by atoms with van der Waals surface area (Å²) in [4.78, 5) is 5.49. The SMILES string of the molecule is C1=CC(C2=CNSC2)N(C2=NSCC2)O1. The molecule has 1 unspecified atom stereocenters. The number of amidine groups is 1. The quantitative estimate of drug-likeness (QED) is 0.707. The first-order chi connectivity index (χ1) is 7.45. The first-order valence-corrected chi connectivity index (χ1v) is 6.76. The first-order valence-electron chi connectivity index (χ1n) is 4.83. The van der Waals surface area contributed by atoms with Gasteiger partial charge in [0.2, 0.25) is 0 Å². The fourth-order valence-electron chi connectivity index (χ4n) is 1.72. The second-order valence-corrected chi connectivity index (χ2v) is 5.08. The molecule has 80 valence electrons. The summed E-state index contributed by atoms with van der Waals surface area (Å²) in [5, 5.41) is 1.92. The standard InChI is InChI=1S/C9H11N3OS2/c1-3-13-12(9-2-4-14-11-9)8(1)7-5-10-15-6-7/h1,3,5,8,10H,2,4,6H2. The highest BCUT2D eigenvalue weighted by Gasteiger charge is 2.31. The van der Waals surface area contributed by atoms with Crippen LogP contribution in [-0.4, -0.2) is 28.4 Å². The van der Waals surface area contributed by atoms with E-state index in [1.165, 1.54) is 5.57 Å². The third-order valence-corrected chi connectivity index (χ3v) is 3.96. The van der Waals surface area contributed by atoms with Crippen molar-refractivity contribution in [2.75, 3.05) is 11.5 Å². The largest absolute Gasteiger partial charge is 0.386 e. The Morgan fingerprint density at radius 1 is 1.60 bits per heavy atom. The second kappa shape index (κ2) is 4.02. The maximum Gasteiger partial charge on any atom is 0.150 e. The van der Waals surface area contributed by atoms with Crippen molar-refractivity contribution in [1.82, 2.24) is 9.79 Å². The van der Waals surface area contributed by atoms with Gasteiger partial charge in [0.1, 0.15) is 18.1 Å². The molecule has 1 N–H and O–H groups in total. The molecule has 0 amide bonds. The van der Waals surface area contributed by atoms with Gasteiger partial charge in [-0.3, -0.25) is 0 Å². The van der Waals surface area contributed by atoms with E-state index in [2.05, 4.69) is 21.4 Å².